The highest BCUT2D eigenvalue weighted by molar-refractivity contribution is 6.32. The van der Waals surface area contributed by atoms with Crippen LogP contribution in [-0.2, 0) is 0 Å². The number of nitrogens with one attached hydrogen (secondary N) is 1. The molecule has 0 spiro atoms. The van der Waals surface area contributed by atoms with Crippen molar-refractivity contribution in [3.8, 4) is 0 Å². The van der Waals surface area contributed by atoms with E-state index in [0.29, 0.717) is 19.0 Å². The Balaban J connectivity index is 0.00000352. The Morgan fingerprint density at radius 1 is 1.03 bits per heavy atom. The fourth-order valence-corrected chi connectivity index (χ4v) is 3.61. The van der Waals surface area contributed by atoms with Gasteiger partial charge in [0.05, 0.1) is 18.0 Å². The number of hydrogen-bond donors (Lipinski definition) is 1. The first-order valence-corrected chi connectivity index (χ1v) is 13.6. The molecule has 0 aliphatic heterocycles. The highest BCUT2D eigenvalue weighted by atomic mass is 19.1. The Morgan fingerprint density at radius 2 is 1.79 bits per heavy atom. The van der Waals surface area contributed by atoms with Crippen molar-refractivity contribution < 1.29 is 4.39 Å². The predicted molar refractivity (Wildman–Crippen MR) is 164 cm³/mol. The van der Waals surface area contributed by atoms with Crippen molar-refractivity contribution >= 4 is 23.4 Å². The van der Waals surface area contributed by atoms with Crippen LogP contribution in [0.2, 0.25) is 0 Å². The van der Waals surface area contributed by atoms with E-state index in [1.54, 1.807) is 25.4 Å². The van der Waals surface area contributed by atoms with Crippen LogP contribution in [0.4, 0.5) is 10.3 Å². The normalized spacial score (nSPS) is 12.9. The van der Waals surface area contributed by atoms with Gasteiger partial charge in [-0.2, -0.15) is 0 Å². The number of aliphatic imine (C=N–C) groups is 2. The van der Waals surface area contributed by atoms with E-state index in [1.807, 2.05) is 58.2 Å². The molecule has 0 saturated heterocycles. The van der Waals surface area contributed by atoms with Gasteiger partial charge in [0.15, 0.2) is 0 Å². The molecule has 0 aliphatic rings. The topological polar surface area (TPSA) is 62.5 Å². The van der Waals surface area contributed by atoms with Crippen LogP contribution in [0.5, 0.6) is 0 Å². The lowest BCUT2D eigenvalue weighted by molar-refractivity contribution is 0.628. The van der Waals surface area contributed by atoms with Crippen LogP contribution in [0, 0.1) is 5.82 Å². The molecule has 0 aliphatic carbocycles. The first-order valence-electron chi connectivity index (χ1n) is 13.6. The van der Waals surface area contributed by atoms with Gasteiger partial charge in [-0.05, 0) is 75.2 Å². The molecular formula is C32H44FN5. The number of rotatable bonds is 14. The van der Waals surface area contributed by atoms with Crippen LogP contribution < -0.4 is 5.32 Å². The van der Waals surface area contributed by atoms with Crippen LogP contribution in [-0.4, -0.2) is 42.0 Å². The molecule has 0 bridgehead atoms. The minimum Gasteiger partial charge on any atom is -0.352 e. The van der Waals surface area contributed by atoms with Gasteiger partial charge in [-0.15, -0.1) is 0 Å². The molecule has 0 atom stereocenters. The molecule has 0 saturated carbocycles. The quantitative estimate of drug-likeness (QED) is 0.119. The maximum Gasteiger partial charge on any atom is 0.223 e. The van der Waals surface area contributed by atoms with Gasteiger partial charge in [0.1, 0.15) is 5.82 Å². The molecule has 1 aromatic carbocycles. The Hall–Kier alpha value is -3.67. The van der Waals surface area contributed by atoms with Crippen molar-refractivity contribution in [1.29, 1.82) is 0 Å². The lowest BCUT2D eigenvalue weighted by atomic mass is 9.92. The zero-order valence-electron chi connectivity index (χ0n) is 23.9. The predicted octanol–water partition coefficient (Wildman–Crippen LogP) is 8.29. The van der Waals surface area contributed by atoms with Gasteiger partial charge in [0.2, 0.25) is 5.95 Å². The summed E-state index contributed by atoms with van der Waals surface area (Å²) in [6.07, 6.45) is 19.8. The lowest BCUT2D eigenvalue weighted by Crippen LogP contribution is -2.12. The second kappa shape index (κ2) is 20.4. The second-order valence-corrected chi connectivity index (χ2v) is 8.04. The van der Waals surface area contributed by atoms with Crippen LogP contribution in [0.1, 0.15) is 71.6 Å². The lowest BCUT2D eigenvalue weighted by Gasteiger charge is -2.16. The molecule has 204 valence electrons. The highest BCUT2D eigenvalue weighted by Crippen LogP contribution is 2.27. The molecule has 2 rings (SSSR count). The van der Waals surface area contributed by atoms with E-state index < -0.39 is 0 Å². The standard InChI is InChI=1S/C30H38FN5.C2H6/c1-5-8-10-12-20-33-22-23-35-30-34-21-19-27(36-30)28(24(13-7-3)14-11-9-6-2)29(32-4)25-15-17-26(31)18-16-25;1-2/h5-6,8-9,11,14-21H,7,10,12-13,22-23H2,1-4H3,(H,34,35,36);1-2H3/b8-5-,9-6-,14-11-,28-24+,32-29?,33-20?;. The molecule has 0 fully saturated rings. The largest absolute Gasteiger partial charge is 0.352 e. The average Bonchev–Trinajstić information content (AvgIpc) is 2.95. The summed E-state index contributed by atoms with van der Waals surface area (Å²) in [7, 11) is 1.76. The number of hydrogen-bond acceptors (Lipinski definition) is 5. The van der Waals surface area contributed by atoms with Gasteiger partial charge in [-0.1, -0.05) is 63.6 Å². The van der Waals surface area contributed by atoms with Crippen LogP contribution >= 0.6 is 0 Å². The smallest absolute Gasteiger partial charge is 0.223 e. The number of allylic oxidation sites excluding steroid dienone is 8. The molecule has 1 aromatic heterocycles. The van der Waals surface area contributed by atoms with Crippen molar-refractivity contribution in [2.24, 2.45) is 9.98 Å². The summed E-state index contributed by atoms with van der Waals surface area (Å²) in [5.41, 5.74) is 4.39. The van der Waals surface area contributed by atoms with E-state index >= 15 is 0 Å². The second-order valence-electron chi connectivity index (χ2n) is 8.04. The number of benzene rings is 1. The van der Waals surface area contributed by atoms with E-state index in [9.17, 15) is 4.39 Å². The van der Waals surface area contributed by atoms with Crippen LogP contribution in [0.25, 0.3) is 5.57 Å². The minimum absolute atomic E-state index is 0.278. The third-order valence-corrected chi connectivity index (χ3v) is 5.28. The fourth-order valence-electron chi connectivity index (χ4n) is 3.61. The highest BCUT2D eigenvalue weighted by Gasteiger charge is 2.18. The Labute approximate surface area is 229 Å². The van der Waals surface area contributed by atoms with E-state index in [4.69, 9.17) is 4.98 Å². The molecule has 38 heavy (non-hydrogen) atoms. The van der Waals surface area contributed by atoms with Gasteiger partial charge in [0, 0.05) is 30.9 Å². The Morgan fingerprint density at radius 3 is 2.45 bits per heavy atom. The maximum absolute atomic E-state index is 13.7. The number of aromatic nitrogens is 2. The summed E-state index contributed by atoms with van der Waals surface area (Å²) in [5.74, 6) is 0.261. The molecule has 6 heteroatoms. The fraction of sp³-hybridized carbons (Fsp3) is 0.375. The zero-order valence-corrected chi connectivity index (χ0v) is 23.9. The molecule has 0 amide bonds. The van der Waals surface area contributed by atoms with Gasteiger partial charge in [-0.3, -0.25) is 9.98 Å². The van der Waals surface area contributed by atoms with Crippen molar-refractivity contribution in [1.82, 2.24) is 9.97 Å². The third-order valence-electron chi connectivity index (χ3n) is 5.28. The molecule has 0 radical (unpaired) electrons. The van der Waals surface area contributed by atoms with Crippen LogP contribution in [0.3, 0.4) is 0 Å². The SMILES string of the molecule is CC.C\C=C/C=C\C(CCC)=C(\C(=NC)c1ccc(F)cc1)c1ccnc(NCCN=CCC/C=C\C)n1. The molecule has 5 nitrogen and oxygen atoms in total. The number of halogens is 1. The van der Waals surface area contributed by atoms with E-state index in [0.717, 1.165) is 53.8 Å². The number of unbranched alkanes of at least 4 members (excludes halogenated alkanes) is 1. The van der Waals surface area contributed by atoms with E-state index in [-0.39, 0.29) is 5.82 Å². The van der Waals surface area contributed by atoms with E-state index in [2.05, 4.69) is 45.4 Å². The molecular weight excluding hydrogens is 473 g/mol. The zero-order chi connectivity index (χ0) is 28.0. The summed E-state index contributed by atoms with van der Waals surface area (Å²) < 4.78 is 13.7. The summed E-state index contributed by atoms with van der Waals surface area (Å²) in [6.45, 7) is 11.4. The minimum atomic E-state index is -0.278. The molecule has 1 heterocycles. The van der Waals surface area contributed by atoms with Gasteiger partial charge >= 0.3 is 0 Å². The summed E-state index contributed by atoms with van der Waals surface area (Å²) in [5, 5.41) is 3.28. The van der Waals surface area contributed by atoms with Crippen LogP contribution in [0.15, 0.2) is 88.5 Å². The van der Waals surface area contributed by atoms with Gasteiger partial charge < -0.3 is 5.32 Å². The Bertz CT molecular complexity index is 1110. The first-order chi connectivity index (χ1) is 18.6. The van der Waals surface area contributed by atoms with Crippen molar-refractivity contribution in [3.63, 3.8) is 0 Å². The first kappa shape index (κ1) is 32.4. The summed E-state index contributed by atoms with van der Waals surface area (Å²) >= 11 is 0. The maximum atomic E-state index is 13.7. The summed E-state index contributed by atoms with van der Waals surface area (Å²) in [4.78, 5) is 18.3. The molecule has 2 aromatic rings. The van der Waals surface area contributed by atoms with Crippen molar-refractivity contribution in [2.45, 2.75) is 60.3 Å². The van der Waals surface area contributed by atoms with Gasteiger partial charge in [0.25, 0.3) is 0 Å². The molecule has 0 unspecified atom stereocenters. The average molecular weight is 518 g/mol. The number of anilines is 1. The van der Waals surface area contributed by atoms with Crippen molar-refractivity contribution in [2.75, 3.05) is 25.5 Å². The van der Waals surface area contributed by atoms with E-state index in [1.165, 1.54) is 12.1 Å². The van der Waals surface area contributed by atoms with Crippen molar-refractivity contribution in [3.05, 3.63) is 95.6 Å². The monoisotopic (exact) mass is 517 g/mol. The number of nitrogens with zero attached hydrogens (tertiary/aromatic N) is 4. The Kier molecular flexibility index (Phi) is 17.4. The third kappa shape index (κ3) is 11.6. The summed E-state index contributed by atoms with van der Waals surface area (Å²) in [6, 6.07) is 8.32. The van der Waals surface area contributed by atoms with Gasteiger partial charge in [-0.25, -0.2) is 14.4 Å². The molecule has 1 N–H and O–H groups in total.